The number of morpholine rings is 1. The summed E-state index contributed by atoms with van der Waals surface area (Å²) in [5.74, 6) is 0.277. The summed E-state index contributed by atoms with van der Waals surface area (Å²) in [7, 11) is 0. The molecule has 156 valence electrons. The molecule has 2 fully saturated rings. The van der Waals surface area contributed by atoms with Gasteiger partial charge in [-0.3, -0.25) is 9.69 Å². The van der Waals surface area contributed by atoms with E-state index in [4.69, 9.17) is 9.26 Å². The van der Waals surface area contributed by atoms with Gasteiger partial charge in [-0.15, -0.1) is 0 Å². The Hall–Kier alpha value is -2.26. The summed E-state index contributed by atoms with van der Waals surface area (Å²) in [5.41, 5.74) is 2.22. The number of likely N-dealkylation sites (tertiary alicyclic amines) is 1. The third-order valence-corrected chi connectivity index (χ3v) is 5.76. The summed E-state index contributed by atoms with van der Waals surface area (Å²) >= 11 is 0. The van der Waals surface area contributed by atoms with Crippen LogP contribution in [0.5, 0.6) is 0 Å². The van der Waals surface area contributed by atoms with Gasteiger partial charge in [0, 0.05) is 37.8 Å². The van der Waals surface area contributed by atoms with Gasteiger partial charge in [-0.05, 0) is 13.3 Å². The number of aromatic nitrogens is 1. The second-order valence-electron chi connectivity index (χ2n) is 7.76. The van der Waals surface area contributed by atoms with Crippen molar-refractivity contribution in [1.82, 2.24) is 15.0 Å². The van der Waals surface area contributed by atoms with Crippen molar-refractivity contribution in [2.24, 2.45) is 0 Å². The number of hydrogen-bond acceptors (Lipinski definition) is 7. The van der Waals surface area contributed by atoms with Crippen molar-refractivity contribution in [2.75, 3.05) is 39.4 Å². The molecule has 0 spiro atoms. The van der Waals surface area contributed by atoms with Crippen LogP contribution in [0.15, 0.2) is 34.9 Å². The molecule has 0 aliphatic carbocycles. The minimum Gasteiger partial charge on any atom is -0.390 e. The number of carbonyl (C=O) groups is 1. The zero-order valence-electron chi connectivity index (χ0n) is 16.5. The highest BCUT2D eigenvalue weighted by atomic mass is 16.5. The minimum atomic E-state index is -0.911. The van der Waals surface area contributed by atoms with Crippen LogP contribution in [0.25, 0.3) is 11.3 Å². The van der Waals surface area contributed by atoms with Crippen LogP contribution in [-0.2, 0) is 4.74 Å². The van der Waals surface area contributed by atoms with Gasteiger partial charge in [-0.25, -0.2) is 0 Å². The Bertz CT molecular complexity index is 831. The summed E-state index contributed by atoms with van der Waals surface area (Å²) in [4.78, 5) is 16.8. The molecule has 3 atom stereocenters. The van der Waals surface area contributed by atoms with Crippen molar-refractivity contribution in [1.29, 1.82) is 0 Å². The van der Waals surface area contributed by atoms with Gasteiger partial charge in [0.15, 0.2) is 11.5 Å². The van der Waals surface area contributed by atoms with E-state index in [1.54, 1.807) is 11.0 Å². The Kier molecular flexibility index (Phi) is 5.96. The summed E-state index contributed by atoms with van der Waals surface area (Å²) < 4.78 is 10.8. The SMILES string of the molecule is Cc1ccc(-c2cc(C(=O)N3CC[C@@H](O)[C@@H](O)[C@H](N4CCOCC4)C3)no2)cc1. The molecule has 0 unspecified atom stereocenters. The Morgan fingerprint density at radius 2 is 1.86 bits per heavy atom. The number of benzene rings is 1. The highest BCUT2D eigenvalue weighted by Crippen LogP contribution is 2.23. The number of carbonyl (C=O) groups excluding carboxylic acids is 1. The molecule has 3 heterocycles. The molecule has 4 rings (SSSR count). The summed E-state index contributed by atoms with van der Waals surface area (Å²) in [6, 6.07) is 9.11. The molecular formula is C21H27N3O5. The van der Waals surface area contributed by atoms with Crippen molar-refractivity contribution in [3.8, 4) is 11.3 Å². The zero-order chi connectivity index (χ0) is 20.4. The molecule has 8 nitrogen and oxygen atoms in total. The van der Waals surface area contributed by atoms with Gasteiger partial charge < -0.3 is 24.4 Å². The first kappa shape index (κ1) is 20.0. The monoisotopic (exact) mass is 401 g/mol. The molecule has 2 saturated heterocycles. The fourth-order valence-corrected chi connectivity index (χ4v) is 3.96. The van der Waals surface area contributed by atoms with E-state index >= 15 is 0 Å². The molecule has 1 aromatic carbocycles. The fraction of sp³-hybridized carbons (Fsp3) is 0.524. The van der Waals surface area contributed by atoms with Crippen molar-refractivity contribution >= 4 is 5.91 Å². The van der Waals surface area contributed by atoms with E-state index in [9.17, 15) is 15.0 Å². The van der Waals surface area contributed by atoms with E-state index in [0.29, 0.717) is 51.6 Å². The maximum Gasteiger partial charge on any atom is 0.276 e. The molecule has 2 aliphatic heterocycles. The van der Waals surface area contributed by atoms with Crippen molar-refractivity contribution in [3.63, 3.8) is 0 Å². The lowest BCUT2D eigenvalue weighted by atomic mass is 10.0. The Morgan fingerprint density at radius 1 is 1.14 bits per heavy atom. The van der Waals surface area contributed by atoms with Crippen LogP contribution in [-0.4, -0.2) is 88.7 Å². The van der Waals surface area contributed by atoms with Crippen molar-refractivity contribution in [3.05, 3.63) is 41.6 Å². The van der Waals surface area contributed by atoms with Crippen LogP contribution in [0.3, 0.4) is 0 Å². The van der Waals surface area contributed by atoms with Gasteiger partial charge in [-0.1, -0.05) is 35.0 Å². The van der Waals surface area contributed by atoms with E-state index in [0.717, 1.165) is 11.1 Å². The highest BCUT2D eigenvalue weighted by molar-refractivity contribution is 5.93. The molecular weight excluding hydrogens is 374 g/mol. The Morgan fingerprint density at radius 3 is 2.59 bits per heavy atom. The van der Waals surface area contributed by atoms with Crippen LogP contribution in [0.2, 0.25) is 0 Å². The molecule has 2 aromatic rings. The average Bonchev–Trinajstić information content (AvgIpc) is 3.18. The van der Waals surface area contributed by atoms with Gasteiger partial charge in [0.05, 0.1) is 31.5 Å². The van der Waals surface area contributed by atoms with Crippen LogP contribution in [0.1, 0.15) is 22.5 Å². The van der Waals surface area contributed by atoms with E-state index in [1.165, 1.54) is 0 Å². The molecule has 29 heavy (non-hydrogen) atoms. The average molecular weight is 401 g/mol. The molecule has 0 bridgehead atoms. The summed E-state index contributed by atoms with van der Waals surface area (Å²) in [6.45, 7) is 5.17. The number of aryl methyl sites for hydroxylation is 1. The first-order valence-corrected chi connectivity index (χ1v) is 10.0. The van der Waals surface area contributed by atoms with E-state index in [2.05, 4.69) is 10.1 Å². The predicted molar refractivity (Wildman–Crippen MR) is 105 cm³/mol. The summed E-state index contributed by atoms with van der Waals surface area (Å²) in [5, 5.41) is 24.9. The lowest BCUT2D eigenvalue weighted by Gasteiger charge is -2.38. The number of aliphatic hydroxyl groups excluding tert-OH is 2. The molecule has 0 radical (unpaired) electrons. The second-order valence-corrected chi connectivity index (χ2v) is 7.76. The summed E-state index contributed by atoms with van der Waals surface area (Å²) in [6.07, 6.45) is -1.47. The van der Waals surface area contributed by atoms with E-state index < -0.39 is 12.2 Å². The van der Waals surface area contributed by atoms with Crippen LogP contribution in [0.4, 0.5) is 0 Å². The first-order valence-electron chi connectivity index (χ1n) is 10.0. The molecule has 2 N–H and O–H groups in total. The number of aliphatic hydroxyl groups is 2. The largest absolute Gasteiger partial charge is 0.390 e. The number of rotatable bonds is 3. The molecule has 2 aliphatic rings. The van der Waals surface area contributed by atoms with E-state index in [-0.39, 0.29) is 17.6 Å². The lowest BCUT2D eigenvalue weighted by molar-refractivity contribution is -0.0609. The zero-order valence-corrected chi connectivity index (χ0v) is 16.5. The maximum atomic E-state index is 13.1. The maximum absolute atomic E-state index is 13.1. The van der Waals surface area contributed by atoms with Crippen LogP contribution in [0, 0.1) is 6.92 Å². The minimum absolute atomic E-state index is 0.229. The first-order chi connectivity index (χ1) is 14.0. The molecule has 1 amide bonds. The third kappa shape index (κ3) is 4.35. The van der Waals surface area contributed by atoms with Gasteiger partial charge >= 0.3 is 0 Å². The number of nitrogens with zero attached hydrogens (tertiary/aromatic N) is 3. The van der Waals surface area contributed by atoms with Crippen molar-refractivity contribution in [2.45, 2.75) is 31.6 Å². The lowest BCUT2D eigenvalue weighted by Crippen LogP contribution is -2.55. The van der Waals surface area contributed by atoms with Crippen LogP contribution >= 0.6 is 0 Å². The van der Waals surface area contributed by atoms with Gasteiger partial charge in [0.2, 0.25) is 0 Å². The predicted octanol–water partition coefficient (Wildman–Crippen LogP) is 0.919. The number of amides is 1. The second kappa shape index (κ2) is 8.62. The highest BCUT2D eigenvalue weighted by Gasteiger charge is 2.38. The van der Waals surface area contributed by atoms with Crippen LogP contribution < -0.4 is 0 Å². The number of hydrogen-bond donors (Lipinski definition) is 2. The normalized spacial score (nSPS) is 26.3. The molecule has 0 saturated carbocycles. The topological polar surface area (TPSA) is 99.3 Å². The smallest absolute Gasteiger partial charge is 0.276 e. The fourth-order valence-electron chi connectivity index (χ4n) is 3.96. The molecule has 8 heteroatoms. The van der Waals surface area contributed by atoms with Gasteiger partial charge in [0.1, 0.15) is 0 Å². The molecule has 1 aromatic heterocycles. The van der Waals surface area contributed by atoms with Crippen molar-refractivity contribution < 1.29 is 24.3 Å². The van der Waals surface area contributed by atoms with Gasteiger partial charge in [0.25, 0.3) is 5.91 Å². The third-order valence-electron chi connectivity index (χ3n) is 5.76. The van der Waals surface area contributed by atoms with E-state index in [1.807, 2.05) is 31.2 Å². The quantitative estimate of drug-likeness (QED) is 0.789. The Balaban J connectivity index is 1.52. The van der Waals surface area contributed by atoms with Gasteiger partial charge in [-0.2, -0.15) is 0 Å². The standard InChI is InChI=1S/C21H27N3O5/c1-14-2-4-15(5-3-14)19-12-16(22-29-19)21(27)24-7-6-18(25)20(26)17(13-24)23-8-10-28-11-9-23/h2-5,12,17-18,20,25-26H,6-11,13H2,1H3/t17-,18-,20+/m1/s1. The number of ether oxygens (including phenoxy) is 1. The Labute approximate surface area is 169 Å².